The van der Waals surface area contributed by atoms with Crippen LogP contribution in [0.1, 0.15) is 27.9 Å². The van der Waals surface area contributed by atoms with Crippen molar-refractivity contribution in [1.82, 2.24) is 9.21 Å². The van der Waals surface area contributed by atoms with Crippen LogP contribution in [0.25, 0.3) is 0 Å². The van der Waals surface area contributed by atoms with Gasteiger partial charge in [0.2, 0.25) is 10.0 Å². The van der Waals surface area contributed by atoms with Gasteiger partial charge in [-0.25, -0.2) is 17.1 Å². The predicted octanol–water partition coefficient (Wildman–Crippen LogP) is 3.05. The van der Waals surface area contributed by atoms with Gasteiger partial charge in [-0.15, -0.1) is 0 Å². The van der Waals surface area contributed by atoms with Crippen molar-refractivity contribution in [3.05, 3.63) is 58.9 Å². The van der Waals surface area contributed by atoms with Crippen LogP contribution < -0.4 is 4.90 Å². The average Bonchev–Trinajstić information content (AvgIpc) is 2.96. The molecule has 1 aliphatic heterocycles. The number of hydrogen-bond acceptors (Lipinski definition) is 4. The molecule has 0 N–H and O–H groups in total. The highest BCUT2D eigenvalue weighted by atomic mass is 32.2. The molecule has 30 heavy (non-hydrogen) atoms. The summed E-state index contributed by atoms with van der Waals surface area (Å²) in [6.07, 6.45) is 0.775. The molecule has 0 saturated carbocycles. The molecule has 162 valence electrons. The minimum absolute atomic E-state index is 0.165. The van der Waals surface area contributed by atoms with E-state index < -0.39 is 10.0 Å². The minimum atomic E-state index is -3.65. The summed E-state index contributed by atoms with van der Waals surface area (Å²) in [5.41, 5.74) is 2.73. The van der Waals surface area contributed by atoms with Gasteiger partial charge >= 0.3 is 0 Å². The number of benzene rings is 2. The van der Waals surface area contributed by atoms with Gasteiger partial charge in [-0.2, -0.15) is 0 Å². The molecule has 0 bridgehead atoms. The van der Waals surface area contributed by atoms with E-state index >= 15 is 0 Å². The molecule has 1 heterocycles. The molecular weight excluding hydrogens is 405 g/mol. The zero-order valence-electron chi connectivity index (χ0n) is 17.9. The maximum absolute atomic E-state index is 13.2. The maximum atomic E-state index is 13.2. The summed E-state index contributed by atoms with van der Waals surface area (Å²) in [4.78, 5) is 17.3. The lowest BCUT2D eigenvalue weighted by atomic mass is 10.1. The van der Waals surface area contributed by atoms with Crippen molar-refractivity contribution >= 4 is 21.6 Å². The largest absolute Gasteiger partial charge is 0.370 e. The summed E-state index contributed by atoms with van der Waals surface area (Å²) in [5, 5.41) is 0. The molecule has 2 aromatic rings. The summed E-state index contributed by atoms with van der Waals surface area (Å²) >= 11 is 0. The molecule has 0 spiro atoms. The Morgan fingerprint density at radius 2 is 1.67 bits per heavy atom. The number of halogens is 1. The summed E-state index contributed by atoms with van der Waals surface area (Å²) in [7, 11) is -0.681. The fourth-order valence-corrected chi connectivity index (χ4v) is 4.85. The van der Waals surface area contributed by atoms with Crippen LogP contribution in [0, 0.1) is 19.7 Å². The van der Waals surface area contributed by atoms with Gasteiger partial charge in [0, 0.05) is 51.5 Å². The second kappa shape index (κ2) is 8.73. The Balaban J connectivity index is 1.83. The molecular formula is C22H28FN3O3S. The molecule has 0 radical (unpaired) electrons. The molecule has 0 unspecified atom stereocenters. The van der Waals surface area contributed by atoms with Crippen molar-refractivity contribution in [3.63, 3.8) is 0 Å². The number of hydrogen-bond donors (Lipinski definition) is 0. The number of carbonyl (C=O) groups is 1. The highest BCUT2D eigenvalue weighted by Crippen LogP contribution is 2.25. The monoisotopic (exact) mass is 433 g/mol. The molecule has 8 heteroatoms. The number of anilines is 1. The number of aryl methyl sites for hydroxylation is 1. The Morgan fingerprint density at radius 1 is 1.00 bits per heavy atom. The first-order valence-corrected chi connectivity index (χ1v) is 11.4. The predicted molar refractivity (Wildman–Crippen MR) is 116 cm³/mol. The van der Waals surface area contributed by atoms with Gasteiger partial charge in [0.25, 0.3) is 5.91 Å². The average molecular weight is 434 g/mol. The first kappa shape index (κ1) is 22.2. The van der Waals surface area contributed by atoms with Crippen LogP contribution in [0.15, 0.2) is 41.3 Å². The Morgan fingerprint density at radius 3 is 2.30 bits per heavy atom. The summed E-state index contributed by atoms with van der Waals surface area (Å²) in [6.45, 7) is 6.07. The second-order valence-corrected chi connectivity index (χ2v) is 9.93. The van der Waals surface area contributed by atoms with E-state index in [9.17, 15) is 17.6 Å². The molecule has 6 nitrogen and oxygen atoms in total. The number of amides is 1. The molecule has 1 fully saturated rings. The van der Waals surface area contributed by atoms with Crippen LogP contribution in [-0.2, 0) is 10.0 Å². The quantitative estimate of drug-likeness (QED) is 0.744. The summed E-state index contributed by atoms with van der Waals surface area (Å²) in [6, 6.07) is 9.61. The molecule has 2 aromatic carbocycles. The van der Waals surface area contributed by atoms with Gasteiger partial charge in [0.05, 0.1) is 4.90 Å². The van der Waals surface area contributed by atoms with Gasteiger partial charge < -0.3 is 9.80 Å². The molecule has 0 atom stereocenters. The van der Waals surface area contributed by atoms with Crippen molar-refractivity contribution < 1.29 is 17.6 Å². The van der Waals surface area contributed by atoms with E-state index in [0.717, 1.165) is 28.5 Å². The van der Waals surface area contributed by atoms with Gasteiger partial charge in [0.1, 0.15) is 5.82 Å². The molecule has 0 aliphatic carbocycles. The molecule has 1 amide bonds. The van der Waals surface area contributed by atoms with Crippen LogP contribution in [0.2, 0.25) is 0 Å². The van der Waals surface area contributed by atoms with Gasteiger partial charge in [0.15, 0.2) is 0 Å². The van der Waals surface area contributed by atoms with E-state index in [2.05, 4.69) is 4.90 Å². The Hall–Kier alpha value is -2.45. The molecule has 1 saturated heterocycles. The zero-order valence-corrected chi connectivity index (χ0v) is 18.7. The number of nitrogens with zero attached hydrogens (tertiary/aromatic N) is 3. The number of rotatable bonds is 4. The Kier molecular flexibility index (Phi) is 6.47. The molecule has 3 rings (SSSR count). The van der Waals surface area contributed by atoms with E-state index in [0.29, 0.717) is 30.8 Å². The summed E-state index contributed by atoms with van der Waals surface area (Å²) in [5.74, 6) is -0.446. The van der Waals surface area contributed by atoms with Crippen LogP contribution in [0.4, 0.5) is 10.1 Å². The van der Waals surface area contributed by atoms with E-state index in [1.54, 1.807) is 30.0 Å². The molecule has 1 aliphatic rings. The normalized spacial score (nSPS) is 15.4. The van der Waals surface area contributed by atoms with Crippen molar-refractivity contribution in [2.24, 2.45) is 0 Å². The number of sulfonamides is 1. The van der Waals surface area contributed by atoms with Gasteiger partial charge in [-0.3, -0.25) is 4.79 Å². The standard InChI is InChI=1S/C22H28FN3O3S/c1-16-14-18(15-21(17(16)2)30(28,29)24(3)4)22(27)26-11-5-10-25(12-13-26)20-8-6-19(23)7-9-20/h6-9,14-15H,5,10-13H2,1-4H3. The van der Waals surface area contributed by atoms with E-state index in [-0.39, 0.29) is 16.6 Å². The van der Waals surface area contributed by atoms with Crippen LogP contribution in [0.5, 0.6) is 0 Å². The SMILES string of the molecule is Cc1cc(C(=O)N2CCCN(c3ccc(F)cc3)CC2)cc(S(=O)(=O)N(C)C)c1C. The first-order chi connectivity index (χ1) is 14.1. The lowest BCUT2D eigenvalue weighted by Crippen LogP contribution is -2.35. The van der Waals surface area contributed by atoms with Crippen molar-refractivity contribution in [3.8, 4) is 0 Å². The summed E-state index contributed by atoms with van der Waals surface area (Å²) < 4.78 is 39.8. The minimum Gasteiger partial charge on any atom is -0.370 e. The number of carbonyl (C=O) groups excluding carboxylic acids is 1. The third-order valence-electron chi connectivity index (χ3n) is 5.60. The highest BCUT2D eigenvalue weighted by Gasteiger charge is 2.26. The van der Waals surface area contributed by atoms with Crippen LogP contribution >= 0.6 is 0 Å². The highest BCUT2D eigenvalue weighted by molar-refractivity contribution is 7.89. The Labute approximate surface area is 177 Å². The lowest BCUT2D eigenvalue weighted by molar-refractivity contribution is 0.0766. The van der Waals surface area contributed by atoms with Crippen LogP contribution in [0.3, 0.4) is 0 Å². The van der Waals surface area contributed by atoms with Gasteiger partial charge in [-0.1, -0.05) is 0 Å². The van der Waals surface area contributed by atoms with Crippen molar-refractivity contribution in [1.29, 1.82) is 0 Å². The fourth-order valence-electron chi connectivity index (χ4n) is 3.63. The van der Waals surface area contributed by atoms with Gasteiger partial charge in [-0.05, 0) is 67.8 Å². The zero-order chi connectivity index (χ0) is 22.1. The first-order valence-electron chi connectivity index (χ1n) is 9.95. The van der Waals surface area contributed by atoms with E-state index in [1.807, 2.05) is 6.92 Å². The Bertz CT molecular complexity index is 1040. The fraction of sp³-hybridized carbons (Fsp3) is 0.409. The van der Waals surface area contributed by atoms with Crippen molar-refractivity contribution in [2.45, 2.75) is 25.2 Å². The van der Waals surface area contributed by atoms with Crippen molar-refractivity contribution in [2.75, 3.05) is 45.2 Å². The smallest absolute Gasteiger partial charge is 0.253 e. The van der Waals surface area contributed by atoms with E-state index in [1.165, 1.54) is 32.3 Å². The van der Waals surface area contributed by atoms with Crippen LogP contribution in [-0.4, -0.2) is 63.8 Å². The third kappa shape index (κ3) is 4.49. The molecule has 0 aromatic heterocycles. The maximum Gasteiger partial charge on any atom is 0.253 e. The second-order valence-electron chi connectivity index (χ2n) is 7.81. The topological polar surface area (TPSA) is 60.9 Å². The van der Waals surface area contributed by atoms with E-state index in [4.69, 9.17) is 0 Å². The third-order valence-corrected chi connectivity index (χ3v) is 7.54. The lowest BCUT2D eigenvalue weighted by Gasteiger charge is -2.24.